The molecule has 1 rings (SSSR count). The van der Waals surface area contributed by atoms with Gasteiger partial charge >= 0.3 is 0 Å². The summed E-state index contributed by atoms with van der Waals surface area (Å²) in [5.74, 6) is 1.78. The quantitative estimate of drug-likeness (QED) is 0.620. The highest BCUT2D eigenvalue weighted by Crippen LogP contribution is 2.17. The van der Waals surface area contributed by atoms with Crippen molar-refractivity contribution in [3.8, 4) is 11.5 Å². The first-order valence-electron chi connectivity index (χ1n) is 7.34. The first-order chi connectivity index (χ1) is 9.36. The van der Waals surface area contributed by atoms with Crippen LogP contribution in [0.1, 0.15) is 39.0 Å². The molecule has 0 fully saturated rings. The Morgan fingerprint density at radius 2 is 1.58 bits per heavy atom. The number of rotatable bonds is 11. The van der Waals surface area contributed by atoms with E-state index in [1.807, 2.05) is 24.3 Å². The maximum Gasteiger partial charge on any atom is 0.119 e. The van der Waals surface area contributed by atoms with E-state index in [1.165, 1.54) is 25.7 Å². The lowest BCUT2D eigenvalue weighted by molar-refractivity contribution is 0.304. The molecule has 1 N–H and O–H groups in total. The molecule has 108 valence electrons. The maximum absolute atomic E-state index is 5.67. The van der Waals surface area contributed by atoms with Crippen LogP contribution in [0.15, 0.2) is 24.3 Å². The topological polar surface area (TPSA) is 30.5 Å². The molecule has 0 saturated carbocycles. The molecule has 19 heavy (non-hydrogen) atoms. The van der Waals surface area contributed by atoms with Crippen molar-refractivity contribution in [2.75, 3.05) is 26.8 Å². The van der Waals surface area contributed by atoms with Gasteiger partial charge in [0.05, 0.1) is 13.7 Å². The number of unbranched alkanes of at least 4 members (excludes halogenated alkanes) is 3. The first kappa shape index (κ1) is 15.8. The molecule has 0 spiro atoms. The van der Waals surface area contributed by atoms with Gasteiger partial charge in [-0.3, -0.25) is 0 Å². The van der Waals surface area contributed by atoms with Gasteiger partial charge in [0.2, 0.25) is 0 Å². The third-order valence-electron chi connectivity index (χ3n) is 3.03. The number of ether oxygens (including phenoxy) is 2. The van der Waals surface area contributed by atoms with Crippen molar-refractivity contribution in [1.29, 1.82) is 0 Å². The summed E-state index contributed by atoms with van der Waals surface area (Å²) in [6.45, 7) is 5.29. The number of methoxy groups -OCH3 is 1. The predicted octanol–water partition coefficient (Wildman–Crippen LogP) is 3.63. The second-order valence-corrected chi connectivity index (χ2v) is 4.69. The molecule has 0 aromatic heterocycles. The van der Waals surface area contributed by atoms with Gasteiger partial charge in [0.25, 0.3) is 0 Å². The molecule has 0 unspecified atom stereocenters. The van der Waals surface area contributed by atoms with Crippen molar-refractivity contribution in [1.82, 2.24) is 5.32 Å². The zero-order chi connectivity index (χ0) is 13.8. The van der Waals surface area contributed by atoms with Gasteiger partial charge in [-0.2, -0.15) is 0 Å². The number of hydrogen-bond acceptors (Lipinski definition) is 3. The summed E-state index contributed by atoms with van der Waals surface area (Å²) in [7, 11) is 1.67. The molecular weight excluding hydrogens is 238 g/mol. The van der Waals surface area contributed by atoms with Crippen molar-refractivity contribution in [2.24, 2.45) is 0 Å². The molecule has 0 saturated heterocycles. The number of hydrogen-bond donors (Lipinski definition) is 1. The molecule has 0 amide bonds. The zero-order valence-electron chi connectivity index (χ0n) is 12.3. The molecule has 0 aliphatic rings. The van der Waals surface area contributed by atoms with Gasteiger partial charge in [-0.05, 0) is 63.0 Å². The molecule has 1 aromatic rings. The van der Waals surface area contributed by atoms with Crippen LogP contribution in [-0.2, 0) is 0 Å². The summed E-state index contributed by atoms with van der Waals surface area (Å²) in [5, 5.41) is 3.45. The highest BCUT2D eigenvalue weighted by Gasteiger charge is 1.95. The van der Waals surface area contributed by atoms with Crippen LogP contribution in [0.2, 0.25) is 0 Å². The molecule has 3 heteroatoms. The summed E-state index contributed by atoms with van der Waals surface area (Å²) < 4.78 is 10.8. The van der Waals surface area contributed by atoms with Gasteiger partial charge in [-0.15, -0.1) is 0 Å². The summed E-state index contributed by atoms with van der Waals surface area (Å²) >= 11 is 0. The van der Waals surface area contributed by atoms with E-state index in [-0.39, 0.29) is 0 Å². The van der Waals surface area contributed by atoms with Gasteiger partial charge in [-0.1, -0.05) is 13.3 Å². The van der Waals surface area contributed by atoms with Crippen LogP contribution in [-0.4, -0.2) is 26.8 Å². The standard InChI is InChI=1S/C16H27NO2/c1-3-4-12-17-13-6-5-7-14-19-16-10-8-15(18-2)9-11-16/h8-11,17H,3-7,12-14H2,1-2H3. The van der Waals surface area contributed by atoms with Crippen LogP contribution < -0.4 is 14.8 Å². The van der Waals surface area contributed by atoms with E-state index in [0.717, 1.165) is 37.6 Å². The minimum Gasteiger partial charge on any atom is -0.497 e. The Hall–Kier alpha value is -1.22. The van der Waals surface area contributed by atoms with Gasteiger partial charge in [0.15, 0.2) is 0 Å². The fourth-order valence-electron chi connectivity index (χ4n) is 1.82. The molecule has 0 radical (unpaired) electrons. The fraction of sp³-hybridized carbons (Fsp3) is 0.625. The van der Waals surface area contributed by atoms with Gasteiger partial charge in [0, 0.05) is 0 Å². The van der Waals surface area contributed by atoms with E-state index < -0.39 is 0 Å². The maximum atomic E-state index is 5.67. The molecule has 3 nitrogen and oxygen atoms in total. The number of nitrogens with one attached hydrogen (secondary N) is 1. The van der Waals surface area contributed by atoms with Crippen LogP contribution in [0, 0.1) is 0 Å². The van der Waals surface area contributed by atoms with E-state index in [4.69, 9.17) is 9.47 Å². The lowest BCUT2D eigenvalue weighted by atomic mass is 10.2. The van der Waals surface area contributed by atoms with E-state index in [0.29, 0.717) is 0 Å². The van der Waals surface area contributed by atoms with Crippen LogP contribution in [0.5, 0.6) is 11.5 Å². The average Bonchev–Trinajstić information content (AvgIpc) is 2.46. The van der Waals surface area contributed by atoms with Gasteiger partial charge in [-0.25, -0.2) is 0 Å². The smallest absolute Gasteiger partial charge is 0.119 e. The highest BCUT2D eigenvalue weighted by atomic mass is 16.5. The van der Waals surface area contributed by atoms with E-state index in [9.17, 15) is 0 Å². The third kappa shape index (κ3) is 7.73. The molecule has 0 aliphatic carbocycles. The Bertz CT molecular complexity index is 311. The van der Waals surface area contributed by atoms with Gasteiger partial charge in [0.1, 0.15) is 11.5 Å². The normalized spacial score (nSPS) is 10.4. The summed E-state index contributed by atoms with van der Waals surface area (Å²) in [4.78, 5) is 0. The highest BCUT2D eigenvalue weighted by molar-refractivity contribution is 5.31. The lowest BCUT2D eigenvalue weighted by Crippen LogP contribution is -2.16. The monoisotopic (exact) mass is 265 g/mol. The Morgan fingerprint density at radius 1 is 0.895 bits per heavy atom. The summed E-state index contributed by atoms with van der Waals surface area (Å²) in [6.07, 6.45) is 6.11. The Balaban J connectivity index is 1.95. The third-order valence-corrected chi connectivity index (χ3v) is 3.03. The summed E-state index contributed by atoms with van der Waals surface area (Å²) in [5.41, 5.74) is 0. The first-order valence-corrected chi connectivity index (χ1v) is 7.34. The largest absolute Gasteiger partial charge is 0.497 e. The SMILES string of the molecule is CCCCNCCCCCOc1ccc(OC)cc1. The lowest BCUT2D eigenvalue weighted by Gasteiger charge is -2.07. The minimum absolute atomic E-state index is 0.793. The fourth-order valence-corrected chi connectivity index (χ4v) is 1.82. The van der Waals surface area contributed by atoms with Crippen LogP contribution >= 0.6 is 0 Å². The van der Waals surface area contributed by atoms with E-state index in [2.05, 4.69) is 12.2 Å². The Labute approximate surface area is 117 Å². The van der Waals surface area contributed by atoms with Gasteiger partial charge < -0.3 is 14.8 Å². The second kappa shape index (κ2) is 10.7. The Morgan fingerprint density at radius 3 is 2.26 bits per heavy atom. The molecule has 0 bridgehead atoms. The average molecular weight is 265 g/mol. The van der Waals surface area contributed by atoms with Crippen molar-refractivity contribution >= 4 is 0 Å². The van der Waals surface area contributed by atoms with E-state index in [1.54, 1.807) is 7.11 Å². The Kier molecular flexibility index (Phi) is 8.90. The van der Waals surface area contributed by atoms with Crippen molar-refractivity contribution < 1.29 is 9.47 Å². The zero-order valence-corrected chi connectivity index (χ0v) is 12.3. The summed E-state index contributed by atoms with van der Waals surface area (Å²) in [6, 6.07) is 7.75. The molecular formula is C16H27NO2. The second-order valence-electron chi connectivity index (χ2n) is 4.69. The molecule has 0 heterocycles. The van der Waals surface area contributed by atoms with Crippen LogP contribution in [0.4, 0.5) is 0 Å². The molecule has 1 aromatic carbocycles. The van der Waals surface area contributed by atoms with Crippen LogP contribution in [0.25, 0.3) is 0 Å². The number of benzene rings is 1. The predicted molar refractivity (Wildman–Crippen MR) is 80.1 cm³/mol. The molecule has 0 atom stereocenters. The van der Waals surface area contributed by atoms with E-state index >= 15 is 0 Å². The van der Waals surface area contributed by atoms with Crippen molar-refractivity contribution in [3.63, 3.8) is 0 Å². The minimum atomic E-state index is 0.793. The van der Waals surface area contributed by atoms with Crippen LogP contribution in [0.3, 0.4) is 0 Å². The van der Waals surface area contributed by atoms with Crippen molar-refractivity contribution in [2.45, 2.75) is 39.0 Å². The van der Waals surface area contributed by atoms with Crippen molar-refractivity contribution in [3.05, 3.63) is 24.3 Å². The molecule has 0 aliphatic heterocycles.